The molecule has 1 heterocycles. The molecule has 3 rings (SSSR count). The van der Waals surface area contributed by atoms with Crippen molar-refractivity contribution in [2.75, 3.05) is 6.61 Å². The summed E-state index contributed by atoms with van der Waals surface area (Å²) in [6.07, 6.45) is 4.72. The van der Waals surface area contributed by atoms with E-state index in [2.05, 4.69) is 107 Å². The summed E-state index contributed by atoms with van der Waals surface area (Å²) in [7, 11) is -1.58. The van der Waals surface area contributed by atoms with Gasteiger partial charge in [0.1, 0.15) is 11.2 Å². The number of rotatable bonds is 7. The first-order valence-electron chi connectivity index (χ1n) is 14.2. The Morgan fingerprint density at radius 2 is 1.30 bits per heavy atom. The van der Waals surface area contributed by atoms with Crippen molar-refractivity contribution >= 4 is 30.2 Å². The molecule has 0 N–H and O–H groups in total. The zero-order chi connectivity index (χ0) is 27.8. The van der Waals surface area contributed by atoms with E-state index in [9.17, 15) is 0 Å². The lowest BCUT2D eigenvalue weighted by molar-refractivity contribution is 0.276. The Balaban J connectivity index is 2.43. The summed E-state index contributed by atoms with van der Waals surface area (Å²) in [5.41, 5.74) is 6.69. The van der Waals surface area contributed by atoms with Crippen molar-refractivity contribution in [1.29, 1.82) is 0 Å². The number of hydrogen-bond acceptors (Lipinski definition) is 3. The molecule has 0 aliphatic carbocycles. The first-order chi connectivity index (χ1) is 17.1. The van der Waals surface area contributed by atoms with Crippen LogP contribution in [0.1, 0.15) is 124 Å². The highest BCUT2D eigenvalue weighted by molar-refractivity contribution is 7.31. The molecule has 0 spiro atoms. The molecule has 206 valence electrons. The van der Waals surface area contributed by atoms with Crippen molar-refractivity contribution in [1.82, 2.24) is 0 Å². The molecule has 37 heavy (non-hydrogen) atoms. The standard InChI is InChI=1S/C33H51O3P/c1-13-15-16-23(14-2)21-34-37-35-29-22(3)17-24(31(4,5)6)18-26(29)27-19-25(32(7,8)9)20-28(30(27)36-37)33(10,11)12/h17-20,23H,13-16,21H2,1-12H3. The summed E-state index contributed by atoms with van der Waals surface area (Å²) in [6, 6.07) is 9.26. The van der Waals surface area contributed by atoms with Crippen molar-refractivity contribution in [3.05, 3.63) is 46.5 Å². The minimum atomic E-state index is -1.58. The van der Waals surface area contributed by atoms with E-state index in [-0.39, 0.29) is 16.2 Å². The summed E-state index contributed by atoms with van der Waals surface area (Å²) in [6.45, 7) is 27.8. The van der Waals surface area contributed by atoms with Gasteiger partial charge in [0.15, 0.2) is 0 Å². The maximum absolute atomic E-state index is 6.76. The largest absolute Gasteiger partial charge is 0.399 e. The van der Waals surface area contributed by atoms with Crippen molar-refractivity contribution in [3.8, 4) is 0 Å². The van der Waals surface area contributed by atoms with Gasteiger partial charge >= 0.3 is 8.24 Å². The molecular weight excluding hydrogens is 475 g/mol. The molecule has 0 aliphatic heterocycles. The van der Waals surface area contributed by atoms with Crippen LogP contribution < -0.4 is 4.52 Å². The van der Waals surface area contributed by atoms with Gasteiger partial charge in [-0.15, -0.1) is 0 Å². The third-order valence-corrected chi connectivity index (χ3v) is 8.51. The number of hydrogen-bond donors (Lipinski definition) is 0. The molecule has 2 aromatic carbocycles. The van der Waals surface area contributed by atoms with Crippen LogP contribution in [0.4, 0.5) is 0 Å². The normalized spacial score (nSPS) is 14.4. The summed E-state index contributed by atoms with van der Waals surface area (Å²) in [5, 5.41) is 2.23. The van der Waals surface area contributed by atoms with Crippen LogP contribution >= 0.6 is 8.24 Å². The van der Waals surface area contributed by atoms with E-state index in [4.69, 9.17) is 12.9 Å². The first kappa shape index (κ1) is 29.9. The van der Waals surface area contributed by atoms with Gasteiger partial charge in [-0.2, -0.15) is 0 Å². The highest BCUT2D eigenvalue weighted by atomic mass is 31.1. The molecule has 0 aliphatic rings. The molecule has 3 aromatic rings. The van der Waals surface area contributed by atoms with E-state index in [0.29, 0.717) is 12.5 Å². The van der Waals surface area contributed by atoms with Crippen molar-refractivity contribution < 1.29 is 12.9 Å². The summed E-state index contributed by atoms with van der Waals surface area (Å²) in [4.78, 5) is 0. The molecule has 0 radical (unpaired) electrons. The Labute approximate surface area is 227 Å². The summed E-state index contributed by atoms with van der Waals surface area (Å²) >= 11 is 0. The maximum atomic E-state index is 6.76. The highest BCUT2D eigenvalue weighted by Crippen LogP contribution is 2.43. The number of aryl methyl sites for hydroxylation is 1. The predicted molar refractivity (Wildman–Crippen MR) is 162 cm³/mol. The Morgan fingerprint density at radius 1 is 0.757 bits per heavy atom. The van der Waals surface area contributed by atoms with Crippen LogP contribution in [0, 0.1) is 12.8 Å². The van der Waals surface area contributed by atoms with Gasteiger partial charge in [-0.25, -0.2) is 0 Å². The fourth-order valence-electron chi connectivity index (χ4n) is 4.73. The van der Waals surface area contributed by atoms with Crippen molar-refractivity contribution in [3.63, 3.8) is 0 Å². The van der Waals surface area contributed by atoms with Gasteiger partial charge in [-0.1, -0.05) is 108 Å². The molecular formula is C33H51O3P. The average molecular weight is 527 g/mol. The Bertz CT molecular complexity index is 1260. The third kappa shape index (κ3) is 7.04. The van der Waals surface area contributed by atoms with Crippen LogP contribution in [0.15, 0.2) is 32.7 Å². The lowest BCUT2D eigenvalue weighted by atomic mass is 9.79. The van der Waals surface area contributed by atoms with Gasteiger partial charge in [0.05, 0.1) is 6.61 Å². The Morgan fingerprint density at radius 3 is 1.81 bits per heavy atom. The second-order valence-corrected chi connectivity index (χ2v) is 15.0. The minimum Gasteiger partial charge on any atom is -0.399 e. The lowest BCUT2D eigenvalue weighted by Crippen LogP contribution is -2.16. The first-order valence-corrected chi connectivity index (χ1v) is 15.3. The van der Waals surface area contributed by atoms with Crippen molar-refractivity contribution in [2.45, 2.75) is 125 Å². The van der Waals surface area contributed by atoms with Gasteiger partial charge < -0.3 is 8.39 Å². The SMILES string of the molecule is CCCCC(CC)COp1oc2c(C)cc(C(C)(C)C)cc2c2cc(C(C)(C)C)cc(C(C)(C)C)c2o1. The minimum absolute atomic E-state index is 0.00783. The van der Waals surface area contributed by atoms with Gasteiger partial charge in [-0.05, 0) is 64.3 Å². The molecule has 0 saturated carbocycles. The molecule has 2 unspecified atom stereocenters. The predicted octanol–water partition coefficient (Wildman–Crippen LogP) is 11.1. The van der Waals surface area contributed by atoms with E-state index in [1.807, 2.05) is 0 Å². The molecule has 3 nitrogen and oxygen atoms in total. The average Bonchev–Trinajstić information content (AvgIpc) is 2.93. The van der Waals surface area contributed by atoms with Gasteiger partial charge in [0, 0.05) is 16.3 Å². The molecule has 0 fully saturated rings. The number of fused-ring (bicyclic) bond motifs is 3. The number of benzene rings is 2. The number of unbranched alkanes of at least 4 members (excludes halogenated alkanes) is 1. The van der Waals surface area contributed by atoms with Crippen LogP contribution in [0.3, 0.4) is 0 Å². The second kappa shape index (κ2) is 11.2. The monoisotopic (exact) mass is 526 g/mol. The van der Waals surface area contributed by atoms with Gasteiger partial charge in [-0.3, -0.25) is 4.52 Å². The Kier molecular flexibility index (Phi) is 9.03. The molecule has 0 saturated heterocycles. The fraction of sp³-hybridized carbons (Fsp3) is 0.636. The summed E-state index contributed by atoms with van der Waals surface area (Å²) in [5.74, 6) is 0.520. The van der Waals surface area contributed by atoms with E-state index in [0.717, 1.165) is 33.9 Å². The van der Waals surface area contributed by atoms with E-state index in [1.165, 1.54) is 36.0 Å². The second-order valence-electron chi connectivity index (χ2n) is 13.9. The van der Waals surface area contributed by atoms with Crippen LogP contribution in [-0.2, 0) is 16.2 Å². The molecule has 0 amide bonds. The topological polar surface area (TPSA) is 35.5 Å². The zero-order valence-corrected chi connectivity index (χ0v) is 26.5. The van der Waals surface area contributed by atoms with Crippen LogP contribution in [0.2, 0.25) is 0 Å². The molecule has 0 bridgehead atoms. The highest BCUT2D eigenvalue weighted by Gasteiger charge is 2.26. The maximum Gasteiger partial charge on any atom is 0.387 e. The van der Waals surface area contributed by atoms with Crippen molar-refractivity contribution in [2.24, 2.45) is 5.92 Å². The fourth-order valence-corrected chi connectivity index (χ4v) is 5.94. The zero-order valence-electron chi connectivity index (χ0n) is 25.6. The smallest absolute Gasteiger partial charge is 0.387 e. The van der Waals surface area contributed by atoms with E-state index in [1.54, 1.807) is 0 Å². The lowest BCUT2D eigenvalue weighted by Gasteiger charge is -2.26. The Hall–Kier alpha value is -1.70. The molecule has 4 heteroatoms. The molecule has 1 aromatic heterocycles. The van der Waals surface area contributed by atoms with Crippen LogP contribution in [-0.4, -0.2) is 6.61 Å². The summed E-state index contributed by atoms with van der Waals surface area (Å²) < 4.78 is 19.9. The van der Waals surface area contributed by atoms with Gasteiger partial charge in [0.2, 0.25) is 0 Å². The quantitative estimate of drug-likeness (QED) is 0.307. The van der Waals surface area contributed by atoms with Crippen LogP contribution in [0.25, 0.3) is 21.9 Å². The van der Waals surface area contributed by atoms with Crippen LogP contribution in [0.5, 0.6) is 0 Å². The van der Waals surface area contributed by atoms with Gasteiger partial charge in [0.25, 0.3) is 0 Å². The van der Waals surface area contributed by atoms with E-state index >= 15 is 0 Å². The molecule has 2 atom stereocenters. The van der Waals surface area contributed by atoms with E-state index < -0.39 is 8.24 Å². The third-order valence-electron chi connectivity index (χ3n) is 7.48.